The maximum absolute atomic E-state index is 8.56. The van der Waals surface area contributed by atoms with E-state index in [-0.39, 0.29) is 50.4 Å². The maximum Gasteiger partial charge on any atom is 0.503 e. The molecule has 9 heteroatoms. The summed E-state index contributed by atoms with van der Waals surface area (Å²) in [5.41, 5.74) is 0. The third-order valence-corrected chi connectivity index (χ3v) is 0. The molecule has 0 atom stereocenters. The van der Waals surface area contributed by atoms with E-state index in [9.17, 15) is 0 Å². The first-order valence-electron chi connectivity index (χ1n) is 0.651. The van der Waals surface area contributed by atoms with Crippen molar-refractivity contribution in [1.82, 2.24) is 0 Å². The molecule has 0 fully saturated rings. The van der Waals surface area contributed by atoms with E-state index in [0.717, 1.165) is 0 Å². The van der Waals surface area contributed by atoms with E-state index in [1.807, 2.05) is 0 Å². The lowest BCUT2D eigenvalue weighted by atomic mass is 11.5. The van der Waals surface area contributed by atoms with Crippen molar-refractivity contribution in [2.45, 2.75) is 0 Å². The van der Waals surface area contributed by atoms with Crippen molar-refractivity contribution in [3.63, 3.8) is 0 Å². The number of rotatable bonds is 0. The zero-order chi connectivity index (χ0) is 3.58. The Labute approximate surface area is 72.2 Å². The van der Waals surface area contributed by atoms with Crippen LogP contribution < -0.4 is 0 Å². The van der Waals surface area contributed by atoms with E-state index in [4.69, 9.17) is 15.0 Å². The summed E-state index contributed by atoms with van der Waals surface area (Å²) in [6.45, 7) is 0. The van der Waals surface area contributed by atoms with Crippen LogP contribution in [0.3, 0.4) is 0 Å². The molecule has 0 aliphatic heterocycles. The van der Waals surface area contributed by atoms with Gasteiger partial charge in [0.05, 0.1) is 0 Å². The van der Waals surface area contributed by atoms with Gasteiger partial charge in [-0.3, -0.25) is 0 Å². The van der Waals surface area contributed by atoms with E-state index in [1.165, 1.54) is 0 Å². The van der Waals surface area contributed by atoms with Gasteiger partial charge in [-0.2, -0.15) is 0 Å². The van der Waals surface area contributed by atoms with Gasteiger partial charge in [0.2, 0.25) is 0 Å². The summed E-state index contributed by atoms with van der Waals surface area (Å²) in [5, 5.41) is 13.9. The van der Waals surface area contributed by atoms with Crippen LogP contribution in [-0.4, -0.2) is 66.8 Å². The molecule has 0 amide bonds. The summed E-state index contributed by atoms with van der Waals surface area (Å²) in [6, 6.07) is 0. The zero-order valence-corrected chi connectivity index (χ0v) is 4.30. The minimum Gasteiger partial charge on any atom is -0.450 e. The Balaban J connectivity index is -0.00000000300. The summed E-state index contributed by atoms with van der Waals surface area (Å²) in [5.74, 6) is 0. The molecule has 8 nitrogen and oxygen atoms in total. The third-order valence-electron chi connectivity index (χ3n) is 0. The molecule has 68 valence electrons. The van der Waals surface area contributed by atoms with Crippen LogP contribution in [0.15, 0.2) is 0 Å². The second kappa shape index (κ2) is 67.5. The molecule has 0 unspecified atom stereocenters. The molecule has 0 aliphatic rings. The quantitative estimate of drug-likeness (QED) is 0.349. The highest BCUT2D eigenvalue weighted by Gasteiger charge is 1.70. The number of carboxylic acid groups (broad SMARTS) is 2. The highest BCUT2D eigenvalue weighted by molar-refractivity contribution is 5.75. The van der Waals surface area contributed by atoms with Crippen LogP contribution in [0.4, 0.5) is 4.79 Å². The molecule has 0 aromatic carbocycles. The standard InChI is InChI=1S/CH2O3.Mg.5H2O.2H/c2-1(3)4;;;;;;;;/h(H2,2,3,4);;5*1H2;;. The summed E-state index contributed by atoms with van der Waals surface area (Å²) < 4.78 is 0. The fourth-order valence-corrected chi connectivity index (χ4v) is 0. The molecule has 0 aromatic heterocycles. The summed E-state index contributed by atoms with van der Waals surface area (Å²) in [4.78, 5) is 8.56. The predicted molar refractivity (Wildman–Crippen MR) is 37.3 cm³/mol. The molecule has 0 saturated carbocycles. The molecule has 0 radical (unpaired) electrons. The molecule has 0 heterocycles. The Morgan fingerprint density at radius 3 is 0.800 bits per heavy atom. The predicted octanol–water partition coefficient (Wildman–Crippen LogP) is -4.82. The van der Waals surface area contributed by atoms with Gasteiger partial charge in [0, 0.05) is 0 Å². The van der Waals surface area contributed by atoms with Crippen LogP contribution >= 0.6 is 0 Å². The van der Waals surface area contributed by atoms with Gasteiger partial charge in [-0.15, -0.1) is 0 Å². The lowest BCUT2D eigenvalue weighted by molar-refractivity contribution is 0.137. The van der Waals surface area contributed by atoms with E-state index < -0.39 is 6.16 Å². The van der Waals surface area contributed by atoms with Crippen molar-refractivity contribution in [3.8, 4) is 0 Å². The third kappa shape index (κ3) is 13700. The van der Waals surface area contributed by atoms with Crippen LogP contribution in [0.1, 0.15) is 0 Å². The molecule has 0 spiro atoms. The van der Waals surface area contributed by atoms with Gasteiger partial charge in [0.1, 0.15) is 0 Å². The van der Waals surface area contributed by atoms with Gasteiger partial charge in [-0.25, -0.2) is 4.79 Å². The lowest BCUT2D eigenvalue weighted by Crippen LogP contribution is -1.81. The topological polar surface area (TPSA) is 215 Å². The number of hydrogen-bond acceptors (Lipinski definition) is 1. The van der Waals surface area contributed by atoms with Gasteiger partial charge in [-0.05, 0) is 0 Å². The molecular weight excluding hydrogens is 164 g/mol. The maximum atomic E-state index is 8.56. The Hall–Kier alpha value is -0.164. The summed E-state index contributed by atoms with van der Waals surface area (Å²) in [6.07, 6.45) is -1.83. The Kier molecular flexibility index (Phi) is 644. The van der Waals surface area contributed by atoms with E-state index >= 15 is 0 Å². The van der Waals surface area contributed by atoms with Gasteiger partial charge in [0.25, 0.3) is 0 Å². The minimum absolute atomic E-state index is 0. The molecule has 0 bridgehead atoms. The van der Waals surface area contributed by atoms with Crippen LogP contribution in [0.5, 0.6) is 0 Å². The van der Waals surface area contributed by atoms with Crippen molar-refractivity contribution in [3.05, 3.63) is 0 Å². The first-order chi connectivity index (χ1) is 1.73. The first-order valence-corrected chi connectivity index (χ1v) is 0.651. The van der Waals surface area contributed by atoms with Gasteiger partial charge < -0.3 is 37.6 Å². The Bertz CT molecular complexity index is 32.2. The minimum atomic E-state index is -1.83. The van der Waals surface area contributed by atoms with E-state index in [0.29, 0.717) is 0 Å². The molecule has 12 N–H and O–H groups in total. The van der Waals surface area contributed by atoms with Crippen molar-refractivity contribution in [2.75, 3.05) is 0 Å². The lowest BCUT2D eigenvalue weighted by Gasteiger charge is -1.60. The smallest absolute Gasteiger partial charge is 0.450 e. The highest BCUT2D eigenvalue weighted by Crippen LogP contribution is 1.42. The first kappa shape index (κ1) is 95.5. The SMILES string of the molecule is O.O.O.O.O.O=C(O)O.[MgH2]. The van der Waals surface area contributed by atoms with Crippen molar-refractivity contribution in [2.24, 2.45) is 0 Å². The molecular formula is CH14MgO8. The normalized spacial score (nSPS) is 2.40. The van der Waals surface area contributed by atoms with Gasteiger partial charge in [0.15, 0.2) is 0 Å². The molecule has 0 aromatic rings. The van der Waals surface area contributed by atoms with Crippen molar-refractivity contribution >= 4 is 29.2 Å². The second-order valence-electron chi connectivity index (χ2n) is 0.283. The monoisotopic (exact) mass is 178 g/mol. The second-order valence-corrected chi connectivity index (χ2v) is 0.283. The fraction of sp³-hybridized carbons (Fsp3) is 0. The average Bonchev–Trinajstić information content (AvgIpc) is 0.811. The van der Waals surface area contributed by atoms with Crippen LogP contribution in [-0.2, 0) is 0 Å². The van der Waals surface area contributed by atoms with E-state index in [1.54, 1.807) is 0 Å². The van der Waals surface area contributed by atoms with Gasteiger partial charge >= 0.3 is 29.2 Å². The summed E-state index contributed by atoms with van der Waals surface area (Å²) in [7, 11) is 0. The van der Waals surface area contributed by atoms with Crippen molar-refractivity contribution in [1.29, 1.82) is 0 Å². The number of hydrogen-bond donors (Lipinski definition) is 2. The van der Waals surface area contributed by atoms with Crippen molar-refractivity contribution < 1.29 is 42.4 Å². The molecule has 0 aliphatic carbocycles. The summed E-state index contributed by atoms with van der Waals surface area (Å²) >= 11 is 0. The zero-order valence-electron chi connectivity index (χ0n) is 4.30. The molecule has 10 heavy (non-hydrogen) atoms. The van der Waals surface area contributed by atoms with Crippen LogP contribution in [0.2, 0.25) is 0 Å². The largest absolute Gasteiger partial charge is 0.503 e. The van der Waals surface area contributed by atoms with Crippen LogP contribution in [0, 0.1) is 0 Å². The Morgan fingerprint density at radius 1 is 0.800 bits per heavy atom. The Morgan fingerprint density at radius 2 is 0.800 bits per heavy atom. The average molecular weight is 178 g/mol. The fourth-order valence-electron chi connectivity index (χ4n) is 0. The van der Waals surface area contributed by atoms with E-state index in [2.05, 4.69) is 0 Å². The van der Waals surface area contributed by atoms with Crippen LogP contribution in [0.25, 0.3) is 0 Å². The number of carbonyl (C=O) groups is 1. The molecule has 0 rings (SSSR count). The van der Waals surface area contributed by atoms with Gasteiger partial charge in [-0.1, -0.05) is 0 Å². The molecule has 0 saturated heterocycles. The highest BCUT2D eigenvalue weighted by atomic mass is 24.3.